The van der Waals surface area contributed by atoms with Crippen LogP contribution in [0.15, 0.2) is 29.3 Å². The molecule has 0 atom stereocenters. The molecule has 0 N–H and O–H groups in total. The molecule has 1 aromatic rings. The maximum atomic E-state index is 12.0. The number of amides is 1. The van der Waals surface area contributed by atoms with Gasteiger partial charge in [-0.25, -0.2) is 9.59 Å². The average molecular weight is 394 g/mol. The van der Waals surface area contributed by atoms with E-state index in [-0.39, 0.29) is 29.5 Å². The van der Waals surface area contributed by atoms with Crippen LogP contribution in [0.5, 0.6) is 0 Å². The van der Waals surface area contributed by atoms with Crippen LogP contribution in [-0.4, -0.2) is 53.7 Å². The Hall–Kier alpha value is -2.88. The second-order valence-electron chi connectivity index (χ2n) is 5.59. The van der Waals surface area contributed by atoms with E-state index in [9.17, 15) is 24.5 Å². The normalized spacial score (nSPS) is 15.1. The summed E-state index contributed by atoms with van der Waals surface area (Å²) >= 11 is 1.24. The number of nitro groups is 1. The highest BCUT2D eigenvalue weighted by molar-refractivity contribution is 8.04. The molecular formula is C17H18N2O7S. The fourth-order valence-corrected chi connectivity index (χ4v) is 3.34. The van der Waals surface area contributed by atoms with Crippen LogP contribution >= 0.6 is 11.8 Å². The molecule has 0 aromatic heterocycles. The lowest BCUT2D eigenvalue weighted by molar-refractivity contribution is -0.385. The maximum absolute atomic E-state index is 12.0. The Labute approximate surface area is 159 Å². The molecule has 0 unspecified atom stereocenters. The maximum Gasteiger partial charge on any atom is 0.338 e. The largest absolute Gasteiger partial charge is 0.466 e. The number of aryl methyl sites for hydroxylation is 1. The summed E-state index contributed by atoms with van der Waals surface area (Å²) in [7, 11) is 1.25. The molecule has 1 heterocycles. The molecule has 1 saturated heterocycles. The Morgan fingerprint density at radius 2 is 2.15 bits per heavy atom. The van der Waals surface area contributed by atoms with E-state index in [0.717, 1.165) is 0 Å². The molecule has 144 valence electrons. The van der Waals surface area contributed by atoms with Gasteiger partial charge in [0.05, 0.1) is 41.1 Å². The van der Waals surface area contributed by atoms with E-state index in [2.05, 4.69) is 4.74 Å². The van der Waals surface area contributed by atoms with Gasteiger partial charge in [-0.2, -0.15) is 0 Å². The summed E-state index contributed by atoms with van der Waals surface area (Å²) in [5.41, 5.74) is 0.519. The summed E-state index contributed by atoms with van der Waals surface area (Å²) < 4.78 is 9.71. The van der Waals surface area contributed by atoms with E-state index >= 15 is 0 Å². The second-order valence-corrected chi connectivity index (χ2v) is 6.58. The average Bonchev–Trinajstić information content (AvgIpc) is 2.97. The predicted octanol–water partition coefficient (Wildman–Crippen LogP) is 2.04. The van der Waals surface area contributed by atoms with E-state index in [1.165, 1.54) is 48.0 Å². The van der Waals surface area contributed by atoms with Gasteiger partial charge in [0.25, 0.3) is 5.69 Å². The fourth-order valence-electron chi connectivity index (χ4n) is 2.39. The van der Waals surface area contributed by atoms with E-state index in [0.29, 0.717) is 23.6 Å². The molecule has 0 bridgehead atoms. The Balaban J connectivity index is 1.87. The van der Waals surface area contributed by atoms with E-state index in [4.69, 9.17) is 4.74 Å². The van der Waals surface area contributed by atoms with Crippen LogP contribution in [0.4, 0.5) is 5.69 Å². The lowest BCUT2D eigenvalue weighted by atomic mass is 10.1. The number of carbonyl (C=O) groups excluding carboxylic acids is 3. The third-order valence-electron chi connectivity index (χ3n) is 3.74. The van der Waals surface area contributed by atoms with Gasteiger partial charge in [0.1, 0.15) is 0 Å². The Morgan fingerprint density at radius 3 is 2.78 bits per heavy atom. The summed E-state index contributed by atoms with van der Waals surface area (Å²) in [4.78, 5) is 47.0. The monoisotopic (exact) mass is 394 g/mol. The highest BCUT2D eigenvalue weighted by Crippen LogP contribution is 2.28. The van der Waals surface area contributed by atoms with E-state index in [1.54, 1.807) is 6.92 Å². The van der Waals surface area contributed by atoms with Gasteiger partial charge in [0.15, 0.2) is 0 Å². The molecule has 1 aliphatic heterocycles. The molecule has 1 aliphatic rings. The van der Waals surface area contributed by atoms with Gasteiger partial charge in [-0.3, -0.25) is 14.9 Å². The zero-order chi connectivity index (χ0) is 20.0. The molecule has 1 aromatic carbocycles. The Morgan fingerprint density at radius 1 is 1.41 bits per heavy atom. The Kier molecular flexibility index (Phi) is 6.94. The highest BCUT2D eigenvalue weighted by Gasteiger charge is 2.27. The van der Waals surface area contributed by atoms with Gasteiger partial charge in [0.2, 0.25) is 5.91 Å². The first-order valence-electron chi connectivity index (χ1n) is 7.98. The molecule has 0 radical (unpaired) electrons. The molecule has 27 heavy (non-hydrogen) atoms. The molecule has 0 saturated carbocycles. The van der Waals surface area contributed by atoms with Crippen molar-refractivity contribution in [3.63, 3.8) is 0 Å². The van der Waals surface area contributed by atoms with Crippen molar-refractivity contribution < 1.29 is 28.8 Å². The minimum Gasteiger partial charge on any atom is -0.466 e. The second kappa shape index (κ2) is 9.17. The van der Waals surface area contributed by atoms with Gasteiger partial charge in [-0.15, -0.1) is 0 Å². The van der Waals surface area contributed by atoms with Gasteiger partial charge in [-0.1, -0.05) is 11.8 Å². The number of ether oxygens (including phenoxy) is 2. The molecule has 0 aliphatic carbocycles. The number of carbonyl (C=O) groups is 3. The van der Waals surface area contributed by atoms with Gasteiger partial charge in [-0.05, 0) is 25.5 Å². The van der Waals surface area contributed by atoms with Crippen LogP contribution in [0, 0.1) is 17.0 Å². The van der Waals surface area contributed by atoms with Crippen molar-refractivity contribution in [2.24, 2.45) is 0 Å². The van der Waals surface area contributed by atoms with Crippen LogP contribution in [0.25, 0.3) is 0 Å². The lowest BCUT2D eigenvalue weighted by Gasteiger charge is -2.16. The molecule has 2 rings (SSSR count). The van der Waals surface area contributed by atoms with Gasteiger partial charge >= 0.3 is 11.9 Å². The zero-order valence-electron chi connectivity index (χ0n) is 14.8. The fraction of sp³-hybridized carbons (Fsp3) is 0.353. The first-order valence-corrected chi connectivity index (χ1v) is 8.97. The van der Waals surface area contributed by atoms with Crippen molar-refractivity contribution >= 4 is 35.3 Å². The lowest BCUT2D eigenvalue weighted by Crippen LogP contribution is -2.27. The molecule has 9 nitrogen and oxygen atoms in total. The first kappa shape index (κ1) is 20.4. The number of esters is 2. The number of hydrogen-bond donors (Lipinski definition) is 0. The molecule has 1 fully saturated rings. The van der Waals surface area contributed by atoms with Crippen molar-refractivity contribution in [3.8, 4) is 0 Å². The van der Waals surface area contributed by atoms with E-state index in [1.807, 2.05) is 0 Å². The Bertz CT molecular complexity index is 806. The third-order valence-corrected chi connectivity index (χ3v) is 4.77. The molecule has 10 heteroatoms. The van der Waals surface area contributed by atoms with Crippen LogP contribution < -0.4 is 0 Å². The molecule has 1 amide bonds. The van der Waals surface area contributed by atoms with Crippen molar-refractivity contribution in [1.82, 2.24) is 4.90 Å². The predicted molar refractivity (Wildman–Crippen MR) is 97.0 cm³/mol. The van der Waals surface area contributed by atoms with Crippen molar-refractivity contribution in [3.05, 3.63) is 50.5 Å². The first-order chi connectivity index (χ1) is 12.8. The van der Waals surface area contributed by atoms with Crippen LogP contribution in [0.2, 0.25) is 0 Å². The quantitative estimate of drug-likeness (QED) is 0.227. The SMILES string of the molecule is COC(=O)/C=C1/SCC(=O)N1CCCOC(=O)c1ccc([N+](=O)[O-])c(C)c1. The number of thioether (sulfide) groups is 1. The van der Waals surface area contributed by atoms with E-state index < -0.39 is 16.9 Å². The minimum atomic E-state index is -0.597. The standard InChI is InChI=1S/C17H18N2O7S/c1-11-8-12(4-5-13(11)19(23)24)17(22)26-7-3-6-18-14(20)10-27-15(18)9-16(21)25-2/h4-5,8-9H,3,6-7,10H2,1-2H3/b15-9+. The summed E-state index contributed by atoms with van der Waals surface area (Å²) in [6.07, 6.45) is 1.63. The number of nitro benzene ring substituents is 1. The summed E-state index contributed by atoms with van der Waals surface area (Å²) in [6.45, 7) is 1.90. The van der Waals surface area contributed by atoms with Crippen LogP contribution in [0.3, 0.4) is 0 Å². The van der Waals surface area contributed by atoms with Crippen LogP contribution in [0.1, 0.15) is 22.3 Å². The number of hydrogen-bond acceptors (Lipinski definition) is 8. The number of methoxy groups -OCH3 is 1. The summed E-state index contributed by atoms with van der Waals surface area (Å²) in [5, 5.41) is 11.3. The topological polar surface area (TPSA) is 116 Å². The highest BCUT2D eigenvalue weighted by atomic mass is 32.2. The van der Waals surface area contributed by atoms with Crippen molar-refractivity contribution in [1.29, 1.82) is 0 Å². The summed E-state index contributed by atoms with van der Waals surface area (Å²) in [5.74, 6) is -1.03. The van der Waals surface area contributed by atoms with Crippen molar-refractivity contribution in [2.75, 3.05) is 26.0 Å². The minimum absolute atomic E-state index is 0.0643. The third kappa shape index (κ3) is 5.30. The van der Waals surface area contributed by atoms with Gasteiger partial charge in [0, 0.05) is 18.2 Å². The number of benzene rings is 1. The summed E-state index contributed by atoms with van der Waals surface area (Å²) in [6, 6.07) is 4.00. The molecule has 0 spiro atoms. The van der Waals surface area contributed by atoms with Gasteiger partial charge < -0.3 is 14.4 Å². The molecular weight excluding hydrogens is 376 g/mol. The smallest absolute Gasteiger partial charge is 0.338 e. The van der Waals surface area contributed by atoms with Crippen LogP contribution in [-0.2, 0) is 19.1 Å². The number of nitrogens with zero attached hydrogens (tertiary/aromatic N) is 2. The van der Waals surface area contributed by atoms with Crippen molar-refractivity contribution in [2.45, 2.75) is 13.3 Å². The number of rotatable bonds is 7. The zero-order valence-corrected chi connectivity index (χ0v) is 15.6.